The number of nitrogens with zero attached hydrogens (tertiary/aromatic N) is 1. The second kappa shape index (κ2) is 7.44. The van der Waals surface area contributed by atoms with Crippen LogP contribution in [0.4, 0.5) is 0 Å². The van der Waals surface area contributed by atoms with Crippen molar-refractivity contribution in [3.05, 3.63) is 0 Å². The average molecular weight is 281 g/mol. The van der Waals surface area contributed by atoms with Crippen molar-refractivity contribution < 1.29 is 9.90 Å². The van der Waals surface area contributed by atoms with Crippen LogP contribution in [0.25, 0.3) is 0 Å². The summed E-state index contributed by atoms with van der Waals surface area (Å²) in [7, 11) is 0. The maximum absolute atomic E-state index is 11.6. The molecule has 1 N–H and O–H groups in total. The summed E-state index contributed by atoms with van der Waals surface area (Å²) in [4.78, 5) is 14.1. The van der Waals surface area contributed by atoms with Crippen molar-refractivity contribution >= 4 is 5.97 Å². The highest BCUT2D eigenvalue weighted by molar-refractivity contribution is 5.70. The lowest BCUT2D eigenvalue weighted by Gasteiger charge is -2.34. The van der Waals surface area contributed by atoms with Gasteiger partial charge in [0.05, 0.1) is 5.92 Å². The predicted octanol–water partition coefficient (Wildman–Crippen LogP) is 3.78. The fraction of sp³-hybridized carbons (Fsp3) is 0.941. The lowest BCUT2D eigenvalue weighted by molar-refractivity contribution is -0.144. The zero-order valence-electron chi connectivity index (χ0n) is 13.2. The van der Waals surface area contributed by atoms with Gasteiger partial charge in [0.15, 0.2) is 0 Å². The van der Waals surface area contributed by atoms with Gasteiger partial charge in [-0.15, -0.1) is 0 Å². The van der Waals surface area contributed by atoms with Crippen LogP contribution in [0.5, 0.6) is 0 Å². The molecule has 0 spiro atoms. The molecule has 1 saturated heterocycles. The van der Waals surface area contributed by atoms with Crippen molar-refractivity contribution in [2.45, 2.75) is 71.3 Å². The molecule has 0 bridgehead atoms. The van der Waals surface area contributed by atoms with E-state index in [9.17, 15) is 9.90 Å². The highest BCUT2D eigenvalue weighted by Gasteiger charge is 2.34. The zero-order valence-corrected chi connectivity index (χ0v) is 13.2. The summed E-state index contributed by atoms with van der Waals surface area (Å²) in [5, 5.41) is 9.55. The SMILES string of the molecule is CC(C)C1CCCN(C2CCCCCC2C(=O)O)CC1. The molecule has 0 radical (unpaired) electrons. The van der Waals surface area contributed by atoms with Crippen LogP contribution in [0, 0.1) is 17.8 Å². The van der Waals surface area contributed by atoms with Gasteiger partial charge in [-0.2, -0.15) is 0 Å². The van der Waals surface area contributed by atoms with Crippen LogP contribution in [0.3, 0.4) is 0 Å². The second-order valence-electron chi connectivity index (χ2n) is 7.12. The first-order valence-corrected chi connectivity index (χ1v) is 8.56. The standard InChI is InChI=1S/C17H31NO2/c1-13(2)14-7-6-11-18(12-10-14)16-9-5-3-4-8-15(16)17(19)20/h13-16H,3-12H2,1-2H3,(H,19,20). The molecule has 3 nitrogen and oxygen atoms in total. The Hall–Kier alpha value is -0.570. The molecule has 0 aromatic carbocycles. The van der Waals surface area contributed by atoms with E-state index < -0.39 is 5.97 Å². The Kier molecular flexibility index (Phi) is 5.88. The molecule has 2 fully saturated rings. The van der Waals surface area contributed by atoms with Crippen LogP contribution in [-0.2, 0) is 4.79 Å². The van der Waals surface area contributed by atoms with Crippen LogP contribution in [0.2, 0.25) is 0 Å². The Labute approximate surface area is 123 Å². The van der Waals surface area contributed by atoms with Gasteiger partial charge in [-0.25, -0.2) is 0 Å². The van der Waals surface area contributed by atoms with E-state index >= 15 is 0 Å². The van der Waals surface area contributed by atoms with Crippen molar-refractivity contribution in [3.8, 4) is 0 Å². The monoisotopic (exact) mass is 281 g/mol. The van der Waals surface area contributed by atoms with Gasteiger partial charge in [0, 0.05) is 6.04 Å². The van der Waals surface area contributed by atoms with E-state index in [1.807, 2.05) is 0 Å². The highest BCUT2D eigenvalue weighted by atomic mass is 16.4. The van der Waals surface area contributed by atoms with Crippen molar-refractivity contribution in [2.75, 3.05) is 13.1 Å². The Morgan fingerprint density at radius 1 is 1.00 bits per heavy atom. The molecule has 1 aliphatic heterocycles. The molecule has 1 aliphatic carbocycles. The fourth-order valence-electron chi connectivity index (χ4n) is 4.16. The molecule has 2 aliphatic rings. The van der Waals surface area contributed by atoms with E-state index in [4.69, 9.17) is 0 Å². The van der Waals surface area contributed by atoms with Gasteiger partial charge in [0.25, 0.3) is 0 Å². The lowest BCUT2D eigenvalue weighted by Crippen LogP contribution is -2.43. The van der Waals surface area contributed by atoms with Gasteiger partial charge in [0.2, 0.25) is 0 Å². The van der Waals surface area contributed by atoms with Gasteiger partial charge in [-0.05, 0) is 57.0 Å². The molecule has 3 unspecified atom stereocenters. The summed E-state index contributed by atoms with van der Waals surface area (Å²) in [5.74, 6) is 0.892. The van der Waals surface area contributed by atoms with Crippen LogP contribution in [0.1, 0.15) is 65.2 Å². The van der Waals surface area contributed by atoms with Gasteiger partial charge in [-0.1, -0.05) is 33.1 Å². The molecule has 3 heteroatoms. The number of carboxylic acids is 1. The number of likely N-dealkylation sites (tertiary alicyclic amines) is 1. The first-order valence-electron chi connectivity index (χ1n) is 8.56. The number of hydrogen-bond donors (Lipinski definition) is 1. The van der Waals surface area contributed by atoms with Crippen molar-refractivity contribution in [1.29, 1.82) is 0 Å². The fourth-order valence-corrected chi connectivity index (χ4v) is 4.16. The average Bonchev–Trinajstić information content (AvgIpc) is 2.78. The number of hydrogen-bond acceptors (Lipinski definition) is 2. The molecule has 20 heavy (non-hydrogen) atoms. The molecule has 116 valence electrons. The van der Waals surface area contributed by atoms with E-state index in [0.717, 1.165) is 44.2 Å². The van der Waals surface area contributed by atoms with Gasteiger partial charge in [0.1, 0.15) is 0 Å². The van der Waals surface area contributed by atoms with Gasteiger partial charge >= 0.3 is 5.97 Å². The summed E-state index contributed by atoms with van der Waals surface area (Å²) in [5.41, 5.74) is 0. The van der Waals surface area contributed by atoms with Crippen molar-refractivity contribution in [1.82, 2.24) is 4.90 Å². The minimum atomic E-state index is -0.568. The first kappa shape index (κ1) is 15.8. The second-order valence-corrected chi connectivity index (χ2v) is 7.12. The summed E-state index contributed by atoms with van der Waals surface area (Å²) < 4.78 is 0. The Morgan fingerprint density at radius 2 is 1.75 bits per heavy atom. The minimum Gasteiger partial charge on any atom is -0.481 e. The third-order valence-corrected chi connectivity index (χ3v) is 5.52. The Bertz CT molecular complexity index is 316. The number of carbonyl (C=O) groups is 1. The van der Waals surface area contributed by atoms with Crippen LogP contribution in [0.15, 0.2) is 0 Å². The molecular weight excluding hydrogens is 250 g/mol. The predicted molar refractivity (Wildman–Crippen MR) is 81.8 cm³/mol. The van der Waals surface area contributed by atoms with E-state index in [1.54, 1.807) is 0 Å². The molecule has 0 aromatic rings. The Morgan fingerprint density at radius 3 is 2.45 bits per heavy atom. The molecule has 1 heterocycles. The maximum Gasteiger partial charge on any atom is 0.308 e. The van der Waals surface area contributed by atoms with Crippen LogP contribution < -0.4 is 0 Å². The van der Waals surface area contributed by atoms with Crippen molar-refractivity contribution in [3.63, 3.8) is 0 Å². The van der Waals surface area contributed by atoms with E-state index in [-0.39, 0.29) is 5.92 Å². The number of carboxylic acid groups (broad SMARTS) is 1. The first-order chi connectivity index (χ1) is 9.59. The number of aliphatic carboxylic acids is 1. The van der Waals surface area contributed by atoms with Gasteiger partial charge in [-0.3, -0.25) is 9.69 Å². The molecule has 0 amide bonds. The molecular formula is C17H31NO2. The highest BCUT2D eigenvalue weighted by Crippen LogP contribution is 2.31. The summed E-state index contributed by atoms with van der Waals surface area (Å²) >= 11 is 0. The Balaban J connectivity index is 2.01. The quantitative estimate of drug-likeness (QED) is 0.800. The third kappa shape index (κ3) is 3.97. The molecule has 1 saturated carbocycles. The largest absolute Gasteiger partial charge is 0.481 e. The smallest absolute Gasteiger partial charge is 0.308 e. The van der Waals surface area contributed by atoms with E-state index in [2.05, 4.69) is 18.7 Å². The topological polar surface area (TPSA) is 40.5 Å². The van der Waals surface area contributed by atoms with Crippen molar-refractivity contribution in [2.24, 2.45) is 17.8 Å². The summed E-state index contributed by atoms with van der Waals surface area (Å²) in [6.07, 6.45) is 9.29. The molecule has 0 aromatic heterocycles. The third-order valence-electron chi connectivity index (χ3n) is 5.52. The van der Waals surface area contributed by atoms with Gasteiger partial charge < -0.3 is 5.11 Å². The minimum absolute atomic E-state index is 0.131. The van der Waals surface area contributed by atoms with Crippen LogP contribution in [-0.4, -0.2) is 35.1 Å². The van der Waals surface area contributed by atoms with E-state index in [0.29, 0.717) is 6.04 Å². The molecule has 3 atom stereocenters. The van der Waals surface area contributed by atoms with Crippen LogP contribution >= 0.6 is 0 Å². The normalized spacial score (nSPS) is 33.6. The van der Waals surface area contributed by atoms with E-state index in [1.165, 1.54) is 32.1 Å². The number of rotatable bonds is 3. The summed E-state index contributed by atoms with van der Waals surface area (Å²) in [6.45, 7) is 6.87. The summed E-state index contributed by atoms with van der Waals surface area (Å²) in [6, 6.07) is 0.293. The maximum atomic E-state index is 11.6. The molecule has 2 rings (SSSR count). The zero-order chi connectivity index (χ0) is 14.5. The lowest BCUT2D eigenvalue weighted by atomic mass is 9.89.